The van der Waals surface area contributed by atoms with E-state index in [0.29, 0.717) is 25.2 Å². The van der Waals surface area contributed by atoms with E-state index in [9.17, 15) is 0 Å². The quantitative estimate of drug-likeness (QED) is 0.248. The highest BCUT2D eigenvalue weighted by atomic mass is 32.2. The predicted octanol–water partition coefficient (Wildman–Crippen LogP) is 7.96. The zero-order valence-corrected chi connectivity index (χ0v) is 25.2. The van der Waals surface area contributed by atoms with E-state index in [1.54, 1.807) is 7.11 Å². The largest absolute Gasteiger partial charge is 0.491 e. The van der Waals surface area contributed by atoms with Crippen molar-refractivity contribution in [1.82, 2.24) is 4.90 Å². The first-order valence-electron chi connectivity index (χ1n) is 13.7. The summed E-state index contributed by atoms with van der Waals surface area (Å²) in [6, 6.07) is 6.48. The lowest BCUT2D eigenvalue weighted by molar-refractivity contribution is -0.0376. The number of benzene rings is 1. The third-order valence-corrected chi connectivity index (χ3v) is 8.15. The smallest absolute Gasteiger partial charge is 0.127 e. The van der Waals surface area contributed by atoms with Gasteiger partial charge in [0.1, 0.15) is 12.4 Å². The van der Waals surface area contributed by atoms with Crippen LogP contribution in [0.15, 0.2) is 34.8 Å². The maximum atomic E-state index is 6.29. The van der Waals surface area contributed by atoms with Gasteiger partial charge in [0.05, 0.1) is 12.7 Å². The van der Waals surface area contributed by atoms with Crippen LogP contribution in [-0.2, 0) is 9.47 Å². The molecule has 1 aromatic rings. The number of ether oxygens (including phenoxy) is 3. The lowest BCUT2D eigenvalue weighted by Crippen LogP contribution is -2.48. The number of nitrogens with zero attached hydrogens (tertiary/aromatic N) is 1. The third-order valence-electron chi connectivity index (χ3n) is 6.76. The molecule has 5 heteroatoms. The molecule has 0 bridgehead atoms. The van der Waals surface area contributed by atoms with Crippen LogP contribution < -0.4 is 4.74 Å². The SMILES string of the molecule is CC/C=C(\SC(CN1CC(OCCC)CC(C(C)(C)C)C1)=C(C)C)c1cc(C)ccc1OCCOC. The summed E-state index contributed by atoms with van der Waals surface area (Å²) in [6.45, 7) is 23.2. The second-order valence-corrected chi connectivity index (χ2v) is 12.5. The van der Waals surface area contributed by atoms with Crippen molar-refractivity contribution in [3.05, 3.63) is 45.9 Å². The van der Waals surface area contributed by atoms with E-state index < -0.39 is 0 Å². The summed E-state index contributed by atoms with van der Waals surface area (Å²) in [5.74, 6) is 1.55. The molecule has 0 aliphatic carbocycles. The molecule has 2 rings (SSSR count). The van der Waals surface area contributed by atoms with E-state index in [1.165, 1.54) is 26.5 Å². The summed E-state index contributed by atoms with van der Waals surface area (Å²) in [4.78, 5) is 5.32. The number of hydrogen-bond acceptors (Lipinski definition) is 5. The monoisotopic (exact) mass is 517 g/mol. The summed E-state index contributed by atoms with van der Waals surface area (Å²) >= 11 is 1.91. The topological polar surface area (TPSA) is 30.9 Å². The number of likely N-dealkylation sites (tertiary alicyclic amines) is 1. The highest BCUT2D eigenvalue weighted by Gasteiger charge is 2.35. The molecule has 2 atom stereocenters. The molecular weight excluding hydrogens is 466 g/mol. The number of piperidine rings is 1. The molecule has 2 unspecified atom stereocenters. The van der Waals surface area contributed by atoms with Crippen molar-refractivity contribution in [3.63, 3.8) is 0 Å². The lowest BCUT2D eigenvalue weighted by Gasteiger charge is -2.43. The maximum absolute atomic E-state index is 6.29. The minimum absolute atomic E-state index is 0.272. The second-order valence-electron chi connectivity index (χ2n) is 11.3. The fraction of sp³-hybridized carbons (Fsp3) is 0.677. The average molecular weight is 518 g/mol. The van der Waals surface area contributed by atoms with Gasteiger partial charge >= 0.3 is 0 Å². The summed E-state index contributed by atoms with van der Waals surface area (Å²) in [5.41, 5.74) is 4.06. The van der Waals surface area contributed by atoms with Gasteiger partial charge in [0.25, 0.3) is 0 Å². The summed E-state index contributed by atoms with van der Waals surface area (Å²) in [6.07, 6.45) is 5.86. The molecule has 1 aromatic carbocycles. The summed E-state index contributed by atoms with van der Waals surface area (Å²) < 4.78 is 17.6. The van der Waals surface area contributed by atoms with Gasteiger partial charge in [-0.05, 0) is 63.5 Å². The highest BCUT2D eigenvalue weighted by molar-refractivity contribution is 8.11. The fourth-order valence-electron chi connectivity index (χ4n) is 4.52. The van der Waals surface area contributed by atoms with E-state index in [1.807, 2.05) is 11.8 Å². The van der Waals surface area contributed by atoms with Crippen molar-refractivity contribution in [1.29, 1.82) is 0 Å². The first-order valence-corrected chi connectivity index (χ1v) is 14.5. The van der Waals surface area contributed by atoms with Crippen LogP contribution >= 0.6 is 11.8 Å². The van der Waals surface area contributed by atoms with E-state index in [2.05, 4.69) is 84.6 Å². The van der Waals surface area contributed by atoms with Gasteiger partial charge in [-0.15, -0.1) is 0 Å². The molecule has 0 saturated carbocycles. The molecule has 0 amide bonds. The number of hydrogen-bond donors (Lipinski definition) is 0. The van der Waals surface area contributed by atoms with Gasteiger partial charge in [-0.2, -0.15) is 0 Å². The van der Waals surface area contributed by atoms with Gasteiger partial charge in [-0.1, -0.05) is 69.7 Å². The molecule has 0 spiro atoms. The molecule has 1 heterocycles. The van der Waals surface area contributed by atoms with Crippen LogP contribution in [0.4, 0.5) is 0 Å². The Bertz CT molecular complexity index is 867. The molecule has 1 fully saturated rings. The van der Waals surface area contributed by atoms with E-state index >= 15 is 0 Å². The van der Waals surface area contributed by atoms with Crippen molar-refractivity contribution in [3.8, 4) is 5.75 Å². The second kappa shape index (κ2) is 15.2. The summed E-state index contributed by atoms with van der Waals surface area (Å²) in [5, 5.41) is 0. The molecule has 0 radical (unpaired) electrons. The Labute approximate surface area is 225 Å². The van der Waals surface area contributed by atoms with Crippen LogP contribution in [0.3, 0.4) is 0 Å². The Morgan fingerprint density at radius 3 is 2.47 bits per heavy atom. The van der Waals surface area contributed by atoms with Crippen molar-refractivity contribution in [2.75, 3.05) is 46.6 Å². The van der Waals surface area contributed by atoms with Gasteiger partial charge in [-0.25, -0.2) is 0 Å². The number of allylic oxidation sites excluding steroid dienone is 2. The molecule has 36 heavy (non-hydrogen) atoms. The van der Waals surface area contributed by atoms with Crippen molar-refractivity contribution in [2.45, 2.75) is 80.8 Å². The average Bonchev–Trinajstić information content (AvgIpc) is 2.82. The van der Waals surface area contributed by atoms with Crippen LogP contribution in [0.2, 0.25) is 0 Å². The molecule has 4 nitrogen and oxygen atoms in total. The van der Waals surface area contributed by atoms with Crippen LogP contribution in [0.1, 0.15) is 78.9 Å². The van der Waals surface area contributed by atoms with Gasteiger partial charge in [0.2, 0.25) is 0 Å². The lowest BCUT2D eigenvalue weighted by atomic mass is 9.75. The molecule has 1 saturated heterocycles. The van der Waals surface area contributed by atoms with Crippen molar-refractivity contribution < 1.29 is 14.2 Å². The molecule has 204 valence electrons. The zero-order chi connectivity index (χ0) is 26.7. The molecular formula is C31H51NO3S. The Hall–Kier alpha value is -1.27. The Morgan fingerprint density at radius 1 is 1.11 bits per heavy atom. The first kappa shape index (κ1) is 31.0. The minimum atomic E-state index is 0.272. The molecule has 1 aliphatic heterocycles. The normalized spacial score (nSPS) is 19.4. The van der Waals surface area contributed by atoms with Gasteiger partial charge in [0, 0.05) is 48.7 Å². The van der Waals surface area contributed by atoms with Gasteiger partial charge in [0.15, 0.2) is 0 Å². The summed E-state index contributed by atoms with van der Waals surface area (Å²) in [7, 11) is 1.71. The standard InChI is InChI=1S/C31H51NO3S/c1-10-12-29(27-18-24(5)13-14-28(27)35-17-16-33-9)36-30(23(3)4)22-32-20-25(31(6,7)8)19-26(21-32)34-15-11-2/h12-14,18,25-26H,10-11,15-17,19-22H2,1-9H3/b29-12-. The van der Waals surface area contributed by atoms with Crippen LogP contribution in [0.5, 0.6) is 5.75 Å². The fourth-order valence-corrected chi connectivity index (χ4v) is 5.76. The van der Waals surface area contributed by atoms with Gasteiger partial charge in [-0.3, -0.25) is 4.90 Å². The number of thioether (sulfide) groups is 1. The number of aryl methyl sites for hydroxylation is 1. The molecule has 0 N–H and O–H groups in total. The van der Waals surface area contributed by atoms with E-state index in [-0.39, 0.29) is 5.41 Å². The van der Waals surface area contributed by atoms with Crippen LogP contribution in [0, 0.1) is 18.3 Å². The number of rotatable bonds is 13. The first-order chi connectivity index (χ1) is 17.1. The van der Waals surface area contributed by atoms with E-state index in [4.69, 9.17) is 14.2 Å². The Morgan fingerprint density at radius 2 is 1.86 bits per heavy atom. The Balaban J connectivity index is 2.28. The zero-order valence-electron chi connectivity index (χ0n) is 24.4. The Kier molecular flexibility index (Phi) is 13.1. The minimum Gasteiger partial charge on any atom is -0.491 e. The van der Waals surface area contributed by atoms with Gasteiger partial charge < -0.3 is 14.2 Å². The van der Waals surface area contributed by atoms with Crippen molar-refractivity contribution >= 4 is 16.7 Å². The third kappa shape index (κ3) is 9.89. The molecule has 0 aromatic heterocycles. The molecule has 1 aliphatic rings. The van der Waals surface area contributed by atoms with Crippen LogP contribution in [0.25, 0.3) is 4.91 Å². The maximum Gasteiger partial charge on any atom is 0.127 e. The van der Waals surface area contributed by atoms with E-state index in [0.717, 1.165) is 51.3 Å². The highest BCUT2D eigenvalue weighted by Crippen LogP contribution is 2.41. The number of methoxy groups -OCH3 is 1. The van der Waals surface area contributed by atoms with Crippen LogP contribution in [-0.4, -0.2) is 57.6 Å². The predicted molar refractivity (Wildman–Crippen MR) is 157 cm³/mol. The van der Waals surface area contributed by atoms with Crippen molar-refractivity contribution in [2.24, 2.45) is 11.3 Å².